The van der Waals surface area contributed by atoms with Gasteiger partial charge in [-0.3, -0.25) is 0 Å². The zero-order chi connectivity index (χ0) is 11.4. The van der Waals surface area contributed by atoms with Gasteiger partial charge in [0.25, 0.3) is 0 Å². The fourth-order valence-electron chi connectivity index (χ4n) is 1.50. The standard InChI is InChI=1S/2C6H15Ge.Cd/c2*1-4-7(5-2)6-3;/h2*4-6H2,1-3H3;. The molecule has 15 heavy (non-hydrogen) atoms. The van der Waals surface area contributed by atoms with Crippen molar-refractivity contribution in [1.29, 1.82) is 0 Å². The molecule has 0 aliphatic carbocycles. The van der Waals surface area contributed by atoms with Crippen LogP contribution in [-0.4, -0.2) is 28.7 Å². The van der Waals surface area contributed by atoms with Crippen LogP contribution in [-0.2, 0) is 27.3 Å². The fraction of sp³-hybridized carbons (Fsp3) is 1.00. The summed E-state index contributed by atoms with van der Waals surface area (Å²) in [7, 11) is 0. The summed E-state index contributed by atoms with van der Waals surface area (Å²) >= 11 is -0.806. The molecule has 0 aliphatic heterocycles. The van der Waals surface area contributed by atoms with Crippen LogP contribution in [0.25, 0.3) is 0 Å². The third-order valence-electron chi connectivity index (χ3n) is 3.00. The minimum atomic E-state index is -0.403. The van der Waals surface area contributed by atoms with Crippen LogP contribution in [0.15, 0.2) is 0 Å². The van der Waals surface area contributed by atoms with Crippen LogP contribution in [0.1, 0.15) is 41.5 Å². The van der Waals surface area contributed by atoms with E-state index in [-0.39, 0.29) is 27.3 Å². The molecule has 0 aliphatic rings. The molecule has 0 fully saturated rings. The number of rotatable bonds is 6. The molecule has 2 radical (unpaired) electrons. The van der Waals surface area contributed by atoms with E-state index in [9.17, 15) is 0 Å². The first-order valence-electron chi connectivity index (χ1n) is 6.36. The molecule has 0 unspecified atom stereocenters. The molecule has 0 N–H and O–H groups in total. The quantitative estimate of drug-likeness (QED) is 0.514. The second kappa shape index (κ2) is 18.4. The van der Waals surface area contributed by atoms with Crippen LogP contribution >= 0.6 is 0 Å². The molecule has 0 nitrogen and oxygen atoms in total. The first kappa shape index (κ1) is 22.2. The summed E-state index contributed by atoms with van der Waals surface area (Å²) in [6.45, 7) is 14.0. The molecule has 0 atom stereocenters. The Bertz CT molecular complexity index is 68.6. The van der Waals surface area contributed by atoms with Crippen molar-refractivity contribution in [3.8, 4) is 0 Å². The van der Waals surface area contributed by atoms with Crippen molar-refractivity contribution in [3.05, 3.63) is 0 Å². The van der Waals surface area contributed by atoms with E-state index >= 15 is 0 Å². The maximum absolute atomic E-state index is 2.34. The number of hydrogen-bond acceptors (Lipinski definition) is 0. The van der Waals surface area contributed by atoms with Gasteiger partial charge in [0.2, 0.25) is 0 Å². The molecular weight excluding hydrogens is 402 g/mol. The summed E-state index contributed by atoms with van der Waals surface area (Å²) in [5, 5.41) is 9.12. The van der Waals surface area contributed by atoms with E-state index in [1.807, 2.05) is 0 Å². The van der Waals surface area contributed by atoms with E-state index < -0.39 is 28.7 Å². The Labute approximate surface area is 128 Å². The Hall–Kier alpha value is 2.01. The van der Waals surface area contributed by atoms with Gasteiger partial charge >= 0.3 is 102 Å². The molecule has 3 heteroatoms. The normalized spacial score (nSPS) is 9.60. The van der Waals surface area contributed by atoms with Crippen LogP contribution in [0.3, 0.4) is 0 Å². The first-order chi connectivity index (χ1) is 6.69. The molecule has 0 amide bonds. The van der Waals surface area contributed by atoms with Crippen molar-refractivity contribution in [2.45, 2.75) is 73.1 Å². The van der Waals surface area contributed by atoms with E-state index in [0.717, 1.165) is 0 Å². The second-order valence-corrected chi connectivity index (χ2v) is 18.8. The van der Waals surface area contributed by atoms with E-state index in [0.29, 0.717) is 0 Å². The smallest absolute Gasteiger partial charge is 0 e. The molecule has 0 aromatic heterocycles. The van der Waals surface area contributed by atoms with Gasteiger partial charge in [0.1, 0.15) is 0 Å². The maximum Gasteiger partial charge on any atom is 0 e. The molecule has 0 aromatic rings. The van der Waals surface area contributed by atoms with Gasteiger partial charge < -0.3 is 0 Å². The Morgan fingerprint density at radius 1 is 0.467 bits per heavy atom. The minimum absolute atomic E-state index is 0. The van der Waals surface area contributed by atoms with Crippen molar-refractivity contribution in [2.75, 3.05) is 0 Å². The van der Waals surface area contributed by atoms with E-state index in [1.165, 1.54) is 31.5 Å². The Balaban J connectivity index is -0.000000180. The topological polar surface area (TPSA) is 0 Å². The largest absolute Gasteiger partial charge is 0 e. The van der Waals surface area contributed by atoms with Gasteiger partial charge in [-0.05, 0) is 0 Å². The summed E-state index contributed by atoms with van der Waals surface area (Å²) in [4.78, 5) is 0. The Morgan fingerprint density at radius 2 is 0.600 bits per heavy atom. The van der Waals surface area contributed by atoms with Crippen LogP contribution in [0.5, 0.6) is 0 Å². The van der Waals surface area contributed by atoms with E-state index in [4.69, 9.17) is 0 Å². The molecule has 0 aromatic carbocycles. The van der Waals surface area contributed by atoms with Crippen LogP contribution in [0.4, 0.5) is 0 Å². The van der Waals surface area contributed by atoms with Gasteiger partial charge in [-0.2, -0.15) is 0 Å². The zero-order valence-electron chi connectivity index (χ0n) is 11.9. The third kappa shape index (κ3) is 16.0. The van der Waals surface area contributed by atoms with Gasteiger partial charge in [0.15, 0.2) is 0 Å². The SMILES string of the molecule is C[CH2][Ge]([CH2]C)[CH2]C.C[CH2][Ge]([CH2]C)[CH2]C.[Cd]. The van der Waals surface area contributed by atoms with Crippen molar-refractivity contribution in [1.82, 2.24) is 0 Å². The Morgan fingerprint density at radius 3 is 0.600 bits per heavy atom. The summed E-state index contributed by atoms with van der Waals surface area (Å²) in [5.41, 5.74) is 0. The maximum atomic E-state index is 2.34. The Kier molecular flexibility index (Phi) is 27.2. The van der Waals surface area contributed by atoms with Crippen molar-refractivity contribution in [3.63, 3.8) is 0 Å². The third-order valence-corrected chi connectivity index (χ3v) is 15.6. The van der Waals surface area contributed by atoms with Gasteiger partial charge in [-0.1, -0.05) is 0 Å². The molecule has 0 rings (SSSR count). The number of hydrogen-bond donors (Lipinski definition) is 0. The monoisotopic (exact) mass is 436 g/mol. The second-order valence-electron chi connectivity index (χ2n) is 3.62. The molecule has 88 valence electrons. The summed E-state index contributed by atoms with van der Waals surface area (Å²) in [6, 6.07) is 0. The molecule has 0 spiro atoms. The van der Waals surface area contributed by atoms with Gasteiger partial charge in [0, 0.05) is 27.3 Å². The average molecular weight is 432 g/mol. The summed E-state index contributed by atoms with van der Waals surface area (Å²) in [5.74, 6) is 0. The first-order valence-corrected chi connectivity index (χ1v) is 15.3. The van der Waals surface area contributed by atoms with Crippen LogP contribution in [0, 0.1) is 0 Å². The molecule has 0 saturated heterocycles. The summed E-state index contributed by atoms with van der Waals surface area (Å²) in [6.07, 6.45) is 0. The van der Waals surface area contributed by atoms with Crippen molar-refractivity contribution >= 4 is 28.7 Å². The fourth-order valence-corrected chi connectivity index (χ4v) is 7.79. The van der Waals surface area contributed by atoms with Gasteiger partial charge in [0.05, 0.1) is 0 Å². The average Bonchev–Trinajstić information content (AvgIpc) is 2.24. The molecule has 0 bridgehead atoms. The van der Waals surface area contributed by atoms with Gasteiger partial charge in [-0.25, -0.2) is 0 Å². The van der Waals surface area contributed by atoms with Crippen LogP contribution < -0.4 is 0 Å². The van der Waals surface area contributed by atoms with E-state index in [2.05, 4.69) is 41.5 Å². The molecule has 0 saturated carbocycles. The van der Waals surface area contributed by atoms with Gasteiger partial charge in [-0.15, -0.1) is 0 Å². The predicted octanol–water partition coefficient (Wildman–Crippen LogP) is 5.08. The molecule has 0 heterocycles. The minimum Gasteiger partial charge on any atom is 0 e. The predicted molar refractivity (Wildman–Crippen MR) is 74.4 cm³/mol. The van der Waals surface area contributed by atoms with E-state index in [1.54, 1.807) is 0 Å². The zero-order valence-corrected chi connectivity index (χ0v) is 20.2. The van der Waals surface area contributed by atoms with Crippen LogP contribution in [0.2, 0.25) is 31.5 Å². The van der Waals surface area contributed by atoms with Crippen molar-refractivity contribution < 1.29 is 27.3 Å². The summed E-state index contributed by atoms with van der Waals surface area (Å²) < 4.78 is 0. The molecular formula is C12H30CdGe2. The van der Waals surface area contributed by atoms with Crippen molar-refractivity contribution in [2.24, 2.45) is 0 Å².